The number of ketones is 1. The molecule has 1 aromatic rings. The Balaban J connectivity index is 2.99. The highest BCUT2D eigenvalue weighted by Crippen LogP contribution is 2.17. The predicted octanol–water partition coefficient (Wildman–Crippen LogP) is 2.28. The van der Waals surface area contributed by atoms with Crippen LogP contribution < -0.4 is 0 Å². The Bertz CT molecular complexity index is 427. The number of aliphatic hydroxyl groups is 1. The fraction of sp³-hybridized carbons (Fsp3) is 0.250. The number of hydrogen-bond acceptors (Lipinski definition) is 2. The summed E-state index contributed by atoms with van der Waals surface area (Å²) in [4.78, 5) is 11.2. The average molecular weight is 223 g/mol. The molecule has 3 heteroatoms. The van der Waals surface area contributed by atoms with Crippen molar-refractivity contribution >= 4 is 17.4 Å². The van der Waals surface area contributed by atoms with Crippen LogP contribution in [0.25, 0.3) is 0 Å². The molecule has 0 radical (unpaired) electrons. The van der Waals surface area contributed by atoms with Crippen LogP contribution in [-0.4, -0.2) is 17.5 Å². The first-order chi connectivity index (χ1) is 7.15. The van der Waals surface area contributed by atoms with Crippen LogP contribution in [0.15, 0.2) is 18.2 Å². The molecule has 78 valence electrons. The number of hydrogen-bond donors (Lipinski definition) is 1. The minimum Gasteiger partial charge on any atom is -0.395 e. The van der Waals surface area contributed by atoms with Crippen molar-refractivity contribution in [1.82, 2.24) is 0 Å². The molecule has 0 saturated carbocycles. The molecule has 2 nitrogen and oxygen atoms in total. The molecule has 0 spiro atoms. The lowest BCUT2D eigenvalue weighted by molar-refractivity contribution is 0.101. The van der Waals surface area contributed by atoms with Crippen LogP contribution >= 0.6 is 11.6 Å². The standard InChI is InChI=1S/C12H11ClO2/c1-9(15)11-8-10(4-2-3-7-14)5-6-12(11)13/h5-6,8,14H,3,7H2,1H3. The van der Waals surface area contributed by atoms with Crippen LogP contribution in [0.4, 0.5) is 0 Å². The third-order valence-corrected chi connectivity index (χ3v) is 2.14. The van der Waals surface area contributed by atoms with E-state index in [2.05, 4.69) is 11.8 Å². The number of aliphatic hydroxyl groups excluding tert-OH is 1. The van der Waals surface area contributed by atoms with Crippen LogP contribution in [0, 0.1) is 11.8 Å². The third-order valence-electron chi connectivity index (χ3n) is 1.82. The van der Waals surface area contributed by atoms with Gasteiger partial charge in [0.1, 0.15) is 0 Å². The van der Waals surface area contributed by atoms with Crippen molar-refractivity contribution in [2.24, 2.45) is 0 Å². The average Bonchev–Trinajstić information content (AvgIpc) is 2.20. The largest absolute Gasteiger partial charge is 0.395 e. The molecule has 1 N–H and O–H groups in total. The fourth-order valence-electron chi connectivity index (χ4n) is 1.09. The van der Waals surface area contributed by atoms with Crippen molar-refractivity contribution in [3.8, 4) is 11.8 Å². The van der Waals surface area contributed by atoms with Crippen LogP contribution in [0.3, 0.4) is 0 Å². The van der Waals surface area contributed by atoms with E-state index in [0.29, 0.717) is 17.0 Å². The van der Waals surface area contributed by atoms with Crippen LogP contribution in [-0.2, 0) is 0 Å². The molecule has 0 aliphatic rings. The van der Waals surface area contributed by atoms with E-state index in [1.54, 1.807) is 18.2 Å². The molecule has 0 heterocycles. The maximum absolute atomic E-state index is 11.2. The molecule has 0 saturated heterocycles. The molecule has 1 rings (SSSR count). The minimum atomic E-state index is -0.0780. The van der Waals surface area contributed by atoms with Crippen LogP contribution in [0.2, 0.25) is 5.02 Å². The highest BCUT2D eigenvalue weighted by atomic mass is 35.5. The van der Waals surface area contributed by atoms with Gasteiger partial charge in [-0.2, -0.15) is 0 Å². The molecule has 0 bridgehead atoms. The van der Waals surface area contributed by atoms with Crippen molar-refractivity contribution in [1.29, 1.82) is 0 Å². The molecule has 15 heavy (non-hydrogen) atoms. The van der Waals surface area contributed by atoms with Gasteiger partial charge in [0.15, 0.2) is 5.78 Å². The maximum atomic E-state index is 11.2. The van der Waals surface area contributed by atoms with Crippen molar-refractivity contribution < 1.29 is 9.90 Å². The molecule has 0 aromatic heterocycles. The lowest BCUT2D eigenvalue weighted by Gasteiger charge is -1.99. The topological polar surface area (TPSA) is 37.3 Å². The summed E-state index contributed by atoms with van der Waals surface area (Å²) in [6.45, 7) is 1.51. The van der Waals surface area contributed by atoms with Gasteiger partial charge >= 0.3 is 0 Å². The molecule has 0 fully saturated rings. The summed E-state index contributed by atoms with van der Waals surface area (Å²) in [5.74, 6) is 5.55. The van der Waals surface area contributed by atoms with Gasteiger partial charge in [-0.25, -0.2) is 0 Å². The van der Waals surface area contributed by atoms with Gasteiger partial charge in [-0.05, 0) is 25.1 Å². The Morgan fingerprint density at radius 3 is 2.87 bits per heavy atom. The number of carbonyl (C=O) groups is 1. The van der Waals surface area contributed by atoms with Gasteiger partial charge in [0.2, 0.25) is 0 Å². The van der Waals surface area contributed by atoms with Gasteiger partial charge in [0, 0.05) is 17.5 Å². The summed E-state index contributed by atoms with van der Waals surface area (Å²) in [5.41, 5.74) is 1.21. The Labute approximate surface area is 93.9 Å². The summed E-state index contributed by atoms with van der Waals surface area (Å²) in [6.07, 6.45) is 0.429. The van der Waals surface area contributed by atoms with Gasteiger partial charge in [-0.1, -0.05) is 23.4 Å². The van der Waals surface area contributed by atoms with E-state index in [-0.39, 0.29) is 12.4 Å². The SMILES string of the molecule is CC(=O)c1cc(C#CCCO)ccc1Cl. The smallest absolute Gasteiger partial charge is 0.161 e. The Hall–Kier alpha value is -1.30. The Morgan fingerprint density at radius 2 is 2.27 bits per heavy atom. The number of Topliss-reactive ketones (excluding diaryl/α,β-unsaturated/α-hetero) is 1. The number of carbonyl (C=O) groups excluding carboxylic acids is 1. The van der Waals surface area contributed by atoms with E-state index in [9.17, 15) is 4.79 Å². The Kier molecular flexibility index (Phi) is 4.36. The molecule has 0 atom stereocenters. The highest BCUT2D eigenvalue weighted by molar-refractivity contribution is 6.33. The second-order valence-electron chi connectivity index (χ2n) is 3.03. The van der Waals surface area contributed by atoms with Gasteiger partial charge in [-0.3, -0.25) is 4.79 Å². The van der Waals surface area contributed by atoms with Crippen LogP contribution in [0.5, 0.6) is 0 Å². The van der Waals surface area contributed by atoms with Gasteiger partial charge in [-0.15, -0.1) is 0 Å². The number of halogens is 1. The summed E-state index contributed by atoms with van der Waals surface area (Å²) in [6, 6.07) is 5.06. The van der Waals surface area contributed by atoms with Gasteiger partial charge < -0.3 is 5.11 Å². The first-order valence-electron chi connectivity index (χ1n) is 4.55. The molecule has 0 amide bonds. The first-order valence-corrected chi connectivity index (χ1v) is 4.93. The van der Waals surface area contributed by atoms with Crippen molar-refractivity contribution in [3.63, 3.8) is 0 Å². The van der Waals surface area contributed by atoms with E-state index >= 15 is 0 Å². The van der Waals surface area contributed by atoms with Crippen molar-refractivity contribution in [3.05, 3.63) is 34.3 Å². The second-order valence-corrected chi connectivity index (χ2v) is 3.43. The third kappa shape index (κ3) is 3.39. The molecule has 0 unspecified atom stereocenters. The van der Waals surface area contributed by atoms with E-state index in [1.807, 2.05) is 0 Å². The number of rotatable bonds is 2. The molecular weight excluding hydrogens is 212 g/mol. The van der Waals surface area contributed by atoms with Gasteiger partial charge in [0.25, 0.3) is 0 Å². The van der Waals surface area contributed by atoms with E-state index in [0.717, 1.165) is 5.56 Å². The monoisotopic (exact) mass is 222 g/mol. The summed E-state index contributed by atoms with van der Waals surface area (Å²) in [5, 5.41) is 8.99. The molecular formula is C12H11ClO2. The molecule has 0 aliphatic carbocycles. The second kappa shape index (κ2) is 5.55. The zero-order valence-electron chi connectivity index (χ0n) is 8.38. The molecule has 0 aliphatic heterocycles. The normalized spacial score (nSPS) is 9.27. The highest BCUT2D eigenvalue weighted by Gasteiger charge is 2.05. The van der Waals surface area contributed by atoms with Gasteiger partial charge in [0.05, 0.1) is 11.6 Å². The van der Waals surface area contributed by atoms with Crippen molar-refractivity contribution in [2.45, 2.75) is 13.3 Å². The summed E-state index contributed by atoms with van der Waals surface area (Å²) in [7, 11) is 0. The lowest BCUT2D eigenvalue weighted by Crippen LogP contribution is -1.94. The Morgan fingerprint density at radius 1 is 1.53 bits per heavy atom. The fourth-order valence-corrected chi connectivity index (χ4v) is 1.34. The zero-order chi connectivity index (χ0) is 11.3. The van der Waals surface area contributed by atoms with E-state index in [1.165, 1.54) is 6.92 Å². The summed E-state index contributed by atoms with van der Waals surface area (Å²) >= 11 is 5.84. The van der Waals surface area contributed by atoms with Crippen LogP contribution in [0.1, 0.15) is 29.3 Å². The first kappa shape index (κ1) is 11.8. The molecule has 1 aromatic carbocycles. The predicted molar refractivity (Wildman–Crippen MR) is 60.0 cm³/mol. The minimum absolute atomic E-state index is 0.0418. The van der Waals surface area contributed by atoms with E-state index < -0.39 is 0 Å². The quantitative estimate of drug-likeness (QED) is 0.616. The van der Waals surface area contributed by atoms with Crippen molar-refractivity contribution in [2.75, 3.05) is 6.61 Å². The zero-order valence-corrected chi connectivity index (χ0v) is 9.14. The van der Waals surface area contributed by atoms with E-state index in [4.69, 9.17) is 16.7 Å². The maximum Gasteiger partial charge on any atom is 0.161 e. The lowest BCUT2D eigenvalue weighted by atomic mass is 10.1. The summed E-state index contributed by atoms with van der Waals surface area (Å²) < 4.78 is 0. The number of benzene rings is 1.